The van der Waals surface area contributed by atoms with Gasteiger partial charge in [0.1, 0.15) is 0 Å². The van der Waals surface area contributed by atoms with Crippen molar-refractivity contribution in [2.24, 2.45) is 0 Å². The number of pyridine rings is 1. The number of thiophene rings is 1. The topological polar surface area (TPSA) is 34.1 Å². The van der Waals surface area contributed by atoms with Crippen LogP contribution >= 0.6 is 23.1 Å². The summed E-state index contributed by atoms with van der Waals surface area (Å²) in [7, 11) is 0. The number of hydrogen-bond donors (Lipinski definition) is 1. The lowest BCUT2D eigenvalue weighted by Gasteiger charge is -2.39. The average Bonchev–Trinajstić information content (AvgIpc) is 3.16. The van der Waals surface area contributed by atoms with Gasteiger partial charge in [0.2, 0.25) is 0 Å². The molecule has 118 valence electrons. The Kier molecular flexibility index (Phi) is 4.15. The maximum Gasteiger partial charge on any atom is 0.0809 e. The van der Waals surface area contributed by atoms with E-state index in [0.29, 0.717) is 12.1 Å². The second kappa shape index (κ2) is 6.11. The fourth-order valence-electron chi connectivity index (χ4n) is 3.58. The highest BCUT2D eigenvalue weighted by Gasteiger charge is 2.40. The predicted molar refractivity (Wildman–Crippen MR) is 94.8 cm³/mol. The minimum absolute atomic E-state index is 0.149. The lowest BCUT2D eigenvalue weighted by Crippen LogP contribution is -2.47. The zero-order valence-corrected chi connectivity index (χ0v) is 14.5. The number of thioether (sulfide) groups is 1. The van der Waals surface area contributed by atoms with E-state index in [0.717, 1.165) is 25.0 Å². The normalized spacial score (nSPS) is 30.1. The maximum absolute atomic E-state index is 6.12. The molecule has 2 saturated heterocycles. The Balaban J connectivity index is 1.45. The van der Waals surface area contributed by atoms with Gasteiger partial charge in [-0.25, -0.2) is 0 Å². The van der Waals surface area contributed by atoms with Gasteiger partial charge in [-0.2, -0.15) is 11.8 Å². The molecule has 3 unspecified atom stereocenters. The molecule has 3 nitrogen and oxygen atoms in total. The zero-order chi connectivity index (χ0) is 15.0. The van der Waals surface area contributed by atoms with Crippen LogP contribution in [0.3, 0.4) is 0 Å². The SMILES string of the molecule is CC(NC1CCOC2(CCSC2)C1)c1cnc2ccsc2c1. The monoisotopic (exact) mass is 334 g/mol. The summed E-state index contributed by atoms with van der Waals surface area (Å²) in [6.07, 6.45) is 5.50. The first kappa shape index (κ1) is 14.9. The Hall–Kier alpha value is -0.620. The Morgan fingerprint density at radius 3 is 3.32 bits per heavy atom. The molecule has 0 radical (unpaired) electrons. The molecule has 4 heterocycles. The number of hydrogen-bond acceptors (Lipinski definition) is 5. The van der Waals surface area contributed by atoms with Crippen LogP contribution in [0.4, 0.5) is 0 Å². The molecule has 1 N–H and O–H groups in total. The van der Waals surface area contributed by atoms with Crippen molar-refractivity contribution in [1.29, 1.82) is 0 Å². The minimum Gasteiger partial charge on any atom is -0.374 e. The Bertz CT molecular complexity index is 651. The summed E-state index contributed by atoms with van der Waals surface area (Å²) >= 11 is 3.80. The Labute approximate surface area is 139 Å². The first-order chi connectivity index (χ1) is 10.7. The predicted octanol–water partition coefficient (Wildman–Crippen LogP) is 4.00. The third-order valence-electron chi connectivity index (χ3n) is 4.87. The van der Waals surface area contributed by atoms with Gasteiger partial charge >= 0.3 is 0 Å². The summed E-state index contributed by atoms with van der Waals surface area (Å²) in [6.45, 7) is 3.15. The quantitative estimate of drug-likeness (QED) is 0.920. The van der Waals surface area contributed by atoms with Gasteiger partial charge < -0.3 is 10.1 Å². The van der Waals surface area contributed by atoms with Crippen LogP contribution in [0, 0.1) is 0 Å². The fraction of sp³-hybridized carbons (Fsp3) is 0.588. The van der Waals surface area contributed by atoms with Gasteiger partial charge in [0, 0.05) is 30.6 Å². The molecule has 2 aromatic heterocycles. The van der Waals surface area contributed by atoms with Gasteiger partial charge in [0.05, 0.1) is 15.8 Å². The minimum atomic E-state index is 0.149. The van der Waals surface area contributed by atoms with Crippen molar-refractivity contribution in [2.45, 2.75) is 43.9 Å². The molecule has 0 bridgehead atoms. The van der Waals surface area contributed by atoms with Crippen LogP contribution in [-0.2, 0) is 4.74 Å². The molecule has 3 atom stereocenters. The first-order valence-electron chi connectivity index (χ1n) is 8.05. The van der Waals surface area contributed by atoms with Crippen molar-refractivity contribution in [3.05, 3.63) is 29.3 Å². The third-order valence-corrected chi connectivity index (χ3v) is 6.95. The van der Waals surface area contributed by atoms with Crippen LogP contribution in [0.5, 0.6) is 0 Å². The van der Waals surface area contributed by atoms with Crippen LogP contribution in [0.1, 0.15) is 37.8 Å². The van der Waals surface area contributed by atoms with Gasteiger partial charge in [-0.1, -0.05) is 0 Å². The van der Waals surface area contributed by atoms with Crippen LogP contribution in [0.2, 0.25) is 0 Å². The van der Waals surface area contributed by atoms with Gasteiger partial charge in [-0.15, -0.1) is 11.3 Å². The lowest BCUT2D eigenvalue weighted by atomic mass is 9.89. The number of fused-ring (bicyclic) bond motifs is 1. The number of nitrogens with zero attached hydrogens (tertiary/aromatic N) is 1. The summed E-state index contributed by atoms with van der Waals surface area (Å²) in [6, 6.07) is 5.27. The van der Waals surface area contributed by atoms with Crippen molar-refractivity contribution >= 4 is 33.3 Å². The molecule has 2 fully saturated rings. The van der Waals surface area contributed by atoms with Gasteiger partial charge in [0.15, 0.2) is 0 Å². The van der Waals surface area contributed by atoms with Crippen LogP contribution in [0.25, 0.3) is 10.2 Å². The van der Waals surface area contributed by atoms with Crippen molar-refractivity contribution in [3.63, 3.8) is 0 Å². The Morgan fingerprint density at radius 1 is 1.50 bits per heavy atom. The van der Waals surface area contributed by atoms with E-state index in [-0.39, 0.29) is 5.60 Å². The van der Waals surface area contributed by atoms with Gasteiger partial charge in [-0.05, 0) is 55.0 Å². The van der Waals surface area contributed by atoms with E-state index in [1.54, 1.807) is 11.3 Å². The second-order valence-electron chi connectivity index (χ2n) is 6.48. The standard InChI is InChI=1S/C17H22N2OS2/c1-12(13-8-16-15(18-10-13)3-6-22-16)19-14-2-5-20-17(9-14)4-7-21-11-17/h3,6,8,10,12,14,19H,2,4-5,7,9,11H2,1H3. The zero-order valence-electron chi connectivity index (χ0n) is 12.9. The average molecular weight is 335 g/mol. The molecule has 5 heteroatoms. The van der Waals surface area contributed by atoms with Crippen LogP contribution in [-0.4, -0.2) is 34.7 Å². The molecule has 0 aromatic carbocycles. The van der Waals surface area contributed by atoms with Crippen molar-refractivity contribution in [3.8, 4) is 0 Å². The van der Waals surface area contributed by atoms with E-state index >= 15 is 0 Å². The number of rotatable bonds is 3. The molecule has 0 amide bonds. The fourth-order valence-corrected chi connectivity index (χ4v) is 5.75. The molecular formula is C17H22N2OS2. The van der Waals surface area contributed by atoms with E-state index in [9.17, 15) is 0 Å². The molecule has 2 aromatic rings. The van der Waals surface area contributed by atoms with E-state index in [1.807, 2.05) is 18.0 Å². The number of nitrogens with one attached hydrogen (secondary N) is 1. The second-order valence-corrected chi connectivity index (χ2v) is 8.54. The van der Waals surface area contributed by atoms with Crippen LogP contribution < -0.4 is 5.32 Å². The highest BCUT2D eigenvalue weighted by molar-refractivity contribution is 7.99. The molecule has 2 aliphatic heterocycles. The summed E-state index contributed by atoms with van der Waals surface area (Å²) < 4.78 is 7.40. The van der Waals surface area contributed by atoms with E-state index in [2.05, 4.69) is 34.7 Å². The smallest absolute Gasteiger partial charge is 0.0809 e. The summed E-state index contributed by atoms with van der Waals surface area (Å²) in [5.74, 6) is 2.42. The van der Waals surface area contributed by atoms with Gasteiger partial charge in [-0.3, -0.25) is 4.98 Å². The van der Waals surface area contributed by atoms with Gasteiger partial charge in [0.25, 0.3) is 0 Å². The molecule has 0 saturated carbocycles. The molecule has 0 aliphatic carbocycles. The number of aromatic nitrogens is 1. The molecule has 2 aliphatic rings. The maximum atomic E-state index is 6.12. The van der Waals surface area contributed by atoms with Crippen molar-refractivity contribution in [2.75, 3.05) is 18.1 Å². The highest BCUT2D eigenvalue weighted by atomic mass is 32.2. The van der Waals surface area contributed by atoms with Crippen LogP contribution in [0.15, 0.2) is 23.7 Å². The summed E-state index contributed by atoms with van der Waals surface area (Å²) in [4.78, 5) is 4.57. The Morgan fingerprint density at radius 2 is 2.45 bits per heavy atom. The van der Waals surface area contributed by atoms with E-state index < -0.39 is 0 Å². The third kappa shape index (κ3) is 2.92. The number of ether oxygens (including phenoxy) is 1. The van der Waals surface area contributed by atoms with E-state index in [4.69, 9.17) is 4.74 Å². The van der Waals surface area contributed by atoms with E-state index in [1.165, 1.54) is 28.2 Å². The lowest BCUT2D eigenvalue weighted by molar-refractivity contribution is -0.0711. The molecular weight excluding hydrogens is 312 g/mol. The first-order valence-corrected chi connectivity index (χ1v) is 10.1. The summed E-state index contributed by atoms with van der Waals surface area (Å²) in [5, 5.41) is 5.93. The largest absolute Gasteiger partial charge is 0.374 e. The van der Waals surface area contributed by atoms with Crippen molar-refractivity contribution in [1.82, 2.24) is 10.3 Å². The van der Waals surface area contributed by atoms with Crippen molar-refractivity contribution < 1.29 is 4.74 Å². The molecule has 22 heavy (non-hydrogen) atoms. The summed E-state index contributed by atoms with van der Waals surface area (Å²) in [5.41, 5.74) is 2.54. The molecule has 4 rings (SSSR count). The molecule has 1 spiro atoms. The highest BCUT2D eigenvalue weighted by Crippen LogP contribution is 2.38.